The Morgan fingerprint density at radius 2 is 1.83 bits per heavy atom. The summed E-state index contributed by atoms with van der Waals surface area (Å²) < 4.78 is 4.81. The number of ether oxygens (including phenoxy) is 1. The van der Waals surface area contributed by atoms with E-state index in [0.29, 0.717) is 25.9 Å². The van der Waals surface area contributed by atoms with Crippen LogP contribution in [0.4, 0.5) is 0 Å². The fraction of sp³-hybridized carbons (Fsp3) is 0.667. The SMILES string of the molecule is COC(=O)C1CCN(C(=O)c2cc3c(s2)CCCCCC3)CC1. The molecule has 0 radical (unpaired) electrons. The summed E-state index contributed by atoms with van der Waals surface area (Å²) in [7, 11) is 1.43. The molecule has 0 bridgehead atoms. The summed E-state index contributed by atoms with van der Waals surface area (Å²) in [6.07, 6.45) is 8.75. The topological polar surface area (TPSA) is 46.6 Å². The average molecular weight is 335 g/mol. The molecule has 23 heavy (non-hydrogen) atoms. The number of hydrogen-bond acceptors (Lipinski definition) is 4. The third-order valence-corrected chi connectivity index (χ3v) is 6.25. The Bertz CT molecular complexity index is 547. The number of hydrogen-bond donors (Lipinski definition) is 0. The lowest BCUT2D eigenvalue weighted by Gasteiger charge is -2.30. The summed E-state index contributed by atoms with van der Waals surface area (Å²) in [6, 6.07) is 2.13. The van der Waals surface area contributed by atoms with E-state index in [-0.39, 0.29) is 17.8 Å². The minimum Gasteiger partial charge on any atom is -0.469 e. The van der Waals surface area contributed by atoms with Gasteiger partial charge >= 0.3 is 5.97 Å². The molecule has 2 aliphatic rings. The van der Waals surface area contributed by atoms with Gasteiger partial charge < -0.3 is 9.64 Å². The van der Waals surface area contributed by atoms with E-state index >= 15 is 0 Å². The number of carbonyl (C=O) groups excluding carboxylic acids is 2. The van der Waals surface area contributed by atoms with E-state index in [2.05, 4.69) is 6.07 Å². The summed E-state index contributed by atoms with van der Waals surface area (Å²) in [4.78, 5) is 28.5. The van der Waals surface area contributed by atoms with Gasteiger partial charge in [0, 0.05) is 18.0 Å². The van der Waals surface area contributed by atoms with Gasteiger partial charge in [-0.2, -0.15) is 0 Å². The normalized spacial score (nSPS) is 19.6. The largest absolute Gasteiger partial charge is 0.469 e. The predicted molar refractivity (Wildman–Crippen MR) is 90.8 cm³/mol. The minimum atomic E-state index is -0.142. The number of methoxy groups -OCH3 is 1. The van der Waals surface area contributed by atoms with Crippen LogP contribution in [-0.2, 0) is 22.4 Å². The lowest BCUT2D eigenvalue weighted by atomic mass is 9.97. The van der Waals surface area contributed by atoms with Gasteiger partial charge in [-0.3, -0.25) is 9.59 Å². The van der Waals surface area contributed by atoms with Gasteiger partial charge in [-0.05, 0) is 50.2 Å². The monoisotopic (exact) mass is 335 g/mol. The van der Waals surface area contributed by atoms with Crippen LogP contribution in [0, 0.1) is 5.92 Å². The first kappa shape index (κ1) is 16.5. The maximum atomic E-state index is 12.8. The molecule has 1 aromatic rings. The van der Waals surface area contributed by atoms with Gasteiger partial charge in [0.1, 0.15) is 0 Å². The third-order valence-electron chi connectivity index (χ3n) is 5.02. The number of esters is 1. The molecule has 126 valence electrons. The van der Waals surface area contributed by atoms with E-state index in [9.17, 15) is 9.59 Å². The number of rotatable bonds is 2. The highest BCUT2D eigenvalue weighted by Gasteiger charge is 2.29. The molecular formula is C18H25NO3S. The second-order valence-corrected chi connectivity index (χ2v) is 7.70. The molecule has 1 aliphatic carbocycles. The van der Waals surface area contributed by atoms with Crippen molar-refractivity contribution in [2.24, 2.45) is 5.92 Å². The van der Waals surface area contributed by atoms with Gasteiger partial charge in [0.05, 0.1) is 17.9 Å². The van der Waals surface area contributed by atoms with E-state index < -0.39 is 0 Å². The zero-order chi connectivity index (χ0) is 16.2. The van der Waals surface area contributed by atoms with Crippen molar-refractivity contribution < 1.29 is 14.3 Å². The molecule has 5 heteroatoms. The first-order chi connectivity index (χ1) is 11.2. The first-order valence-electron chi connectivity index (χ1n) is 8.67. The van der Waals surface area contributed by atoms with Crippen molar-refractivity contribution in [2.45, 2.75) is 51.4 Å². The number of aryl methyl sites for hydroxylation is 2. The molecule has 0 spiro atoms. The van der Waals surface area contributed by atoms with Crippen LogP contribution >= 0.6 is 11.3 Å². The number of carbonyl (C=O) groups is 2. The summed E-state index contributed by atoms with van der Waals surface area (Å²) in [5.41, 5.74) is 1.39. The third kappa shape index (κ3) is 3.77. The van der Waals surface area contributed by atoms with E-state index in [1.807, 2.05) is 4.90 Å². The van der Waals surface area contributed by atoms with Crippen LogP contribution in [0.5, 0.6) is 0 Å². The summed E-state index contributed by atoms with van der Waals surface area (Å²) in [5.74, 6) is -0.0473. The Kier molecular flexibility index (Phi) is 5.36. The Balaban J connectivity index is 1.65. The molecule has 4 nitrogen and oxygen atoms in total. The smallest absolute Gasteiger partial charge is 0.308 e. The first-order valence-corrected chi connectivity index (χ1v) is 9.49. The van der Waals surface area contributed by atoms with Gasteiger partial charge in [-0.25, -0.2) is 0 Å². The molecule has 3 rings (SSSR count). The average Bonchev–Trinajstić information content (AvgIpc) is 2.95. The van der Waals surface area contributed by atoms with Crippen molar-refractivity contribution in [3.63, 3.8) is 0 Å². The van der Waals surface area contributed by atoms with Gasteiger partial charge in [0.25, 0.3) is 5.91 Å². The number of likely N-dealkylation sites (tertiary alicyclic amines) is 1. The molecule has 1 saturated heterocycles. The lowest BCUT2D eigenvalue weighted by Crippen LogP contribution is -2.40. The van der Waals surface area contributed by atoms with Crippen LogP contribution < -0.4 is 0 Å². The van der Waals surface area contributed by atoms with Crippen LogP contribution in [0.1, 0.15) is 58.6 Å². The number of amides is 1. The van der Waals surface area contributed by atoms with E-state index in [1.54, 1.807) is 11.3 Å². The lowest BCUT2D eigenvalue weighted by molar-refractivity contribution is -0.146. The van der Waals surface area contributed by atoms with Crippen LogP contribution in [0.3, 0.4) is 0 Å². The molecule has 1 aliphatic heterocycles. The van der Waals surface area contributed by atoms with Crippen molar-refractivity contribution in [1.29, 1.82) is 0 Å². The maximum Gasteiger partial charge on any atom is 0.308 e. The van der Waals surface area contributed by atoms with Crippen molar-refractivity contribution in [2.75, 3.05) is 20.2 Å². The van der Waals surface area contributed by atoms with Crippen molar-refractivity contribution in [3.8, 4) is 0 Å². The van der Waals surface area contributed by atoms with Crippen molar-refractivity contribution in [1.82, 2.24) is 4.90 Å². The zero-order valence-corrected chi connectivity index (χ0v) is 14.6. The standard InChI is InChI=1S/C18H25NO3S/c1-22-18(21)13-8-10-19(11-9-13)17(20)16-12-14-6-4-2-3-5-7-15(14)23-16/h12-13H,2-11H2,1H3. The molecule has 2 heterocycles. The van der Waals surface area contributed by atoms with Crippen molar-refractivity contribution >= 4 is 23.2 Å². The Labute approximate surface area is 141 Å². The second kappa shape index (κ2) is 7.47. The van der Waals surface area contributed by atoms with Crippen LogP contribution in [0.25, 0.3) is 0 Å². The quantitative estimate of drug-likeness (QED) is 0.778. The Morgan fingerprint density at radius 3 is 2.52 bits per heavy atom. The number of piperidine rings is 1. The highest BCUT2D eigenvalue weighted by molar-refractivity contribution is 7.14. The summed E-state index contributed by atoms with van der Waals surface area (Å²) in [6.45, 7) is 1.31. The molecule has 0 atom stereocenters. The Morgan fingerprint density at radius 1 is 1.13 bits per heavy atom. The fourth-order valence-corrected chi connectivity index (χ4v) is 4.81. The highest BCUT2D eigenvalue weighted by atomic mass is 32.1. The van der Waals surface area contributed by atoms with Gasteiger partial charge in [0.15, 0.2) is 0 Å². The van der Waals surface area contributed by atoms with Crippen molar-refractivity contribution in [3.05, 3.63) is 21.4 Å². The molecule has 0 aromatic carbocycles. The number of nitrogens with zero attached hydrogens (tertiary/aromatic N) is 1. The predicted octanol–water partition coefficient (Wildman–Crippen LogP) is 3.43. The minimum absolute atomic E-state index is 0.0485. The highest BCUT2D eigenvalue weighted by Crippen LogP contribution is 2.30. The van der Waals surface area contributed by atoms with Gasteiger partial charge in [-0.1, -0.05) is 12.8 Å². The number of fused-ring (bicyclic) bond motifs is 1. The molecular weight excluding hydrogens is 310 g/mol. The maximum absolute atomic E-state index is 12.8. The second-order valence-electron chi connectivity index (χ2n) is 6.56. The molecule has 1 amide bonds. The van der Waals surface area contributed by atoms with Crippen LogP contribution in [0.2, 0.25) is 0 Å². The summed E-state index contributed by atoms with van der Waals surface area (Å²) in [5, 5.41) is 0. The molecule has 0 N–H and O–H groups in total. The van der Waals surface area contributed by atoms with Crippen LogP contribution in [0.15, 0.2) is 6.07 Å². The van der Waals surface area contributed by atoms with E-state index in [0.717, 1.165) is 17.7 Å². The molecule has 1 fully saturated rings. The molecule has 0 saturated carbocycles. The fourth-order valence-electron chi connectivity index (χ4n) is 3.59. The zero-order valence-electron chi connectivity index (χ0n) is 13.8. The van der Waals surface area contributed by atoms with E-state index in [4.69, 9.17) is 4.74 Å². The molecule has 1 aromatic heterocycles. The molecule has 0 unspecified atom stereocenters. The van der Waals surface area contributed by atoms with E-state index in [1.165, 1.54) is 43.2 Å². The summed E-state index contributed by atoms with van der Waals surface area (Å²) >= 11 is 1.69. The van der Waals surface area contributed by atoms with Gasteiger partial charge in [0.2, 0.25) is 0 Å². The van der Waals surface area contributed by atoms with Gasteiger partial charge in [-0.15, -0.1) is 11.3 Å². The number of thiophene rings is 1. The van der Waals surface area contributed by atoms with Crippen LogP contribution in [-0.4, -0.2) is 37.0 Å². The Hall–Kier alpha value is -1.36.